The van der Waals surface area contributed by atoms with E-state index in [9.17, 15) is 0 Å². The highest BCUT2D eigenvalue weighted by Gasteiger charge is 2.27. The Bertz CT molecular complexity index is 1120. The lowest BCUT2D eigenvalue weighted by atomic mass is 9.98. The lowest BCUT2D eigenvalue weighted by Crippen LogP contribution is -2.31. The standard InChI is InChI=1S/C18H22N10/c1-12-16(26(3)10-19-12)18-21-17(13-5-4-8-25(2)9-13)24-28(18)15-7-6-14-22-20-11-27(14)23-15/h6-7,10-11,13H,4-5,8-9H2,1-3H3. The first-order valence-corrected chi connectivity index (χ1v) is 9.41. The minimum absolute atomic E-state index is 0.311. The van der Waals surface area contributed by atoms with Crippen molar-refractivity contribution in [2.45, 2.75) is 25.7 Å². The number of piperidine rings is 1. The number of rotatable bonds is 3. The molecule has 28 heavy (non-hydrogen) atoms. The first-order valence-electron chi connectivity index (χ1n) is 9.41. The van der Waals surface area contributed by atoms with E-state index in [-0.39, 0.29) is 0 Å². The number of hydrogen-bond acceptors (Lipinski definition) is 7. The molecule has 1 aliphatic heterocycles. The summed E-state index contributed by atoms with van der Waals surface area (Å²) in [5, 5.41) is 17.4. The average molecular weight is 378 g/mol. The molecular formula is C18H22N10. The largest absolute Gasteiger partial charge is 0.331 e. The van der Waals surface area contributed by atoms with Gasteiger partial charge in [0.15, 0.2) is 23.1 Å². The molecule has 0 aliphatic carbocycles. The van der Waals surface area contributed by atoms with Gasteiger partial charge in [0, 0.05) is 19.5 Å². The number of aromatic nitrogens is 9. The van der Waals surface area contributed by atoms with E-state index < -0.39 is 0 Å². The molecule has 10 heteroatoms. The van der Waals surface area contributed by atoms with Gasteiger partial charge in [-0.1, -0.05) is 0 Å². The van der Waals surface area contributed by atoms with Crippen LogP contribution in [0.2, 0.25) is 0 Å². The highest BCUT2D eigenvalue weighted by Crippen LogP contribution is 2.29. The summed E-state index contributed by atoms with van der Waals surface area (Å²) in [5.74, 6) is 2.59. The maximum absolute atomic E-state index is 4.96. The van der Waals surface area contributed by atoms with E-state index >= 15 is 0 Å². The Morgan fingerprint density at radius 1 is 1.11 bits per heavy atom. The topological polar surface area (TPSA) is 94.8 Å². The van der Waals surface area contributed by atoms with Crippen molar-refractivity contribution >= 4 is 5.65 Å². The van der Waals surface area contributed by atoms with Gasteiger partial charge in [-0.2, -0.15) is 9.20 Å². The number of aryl methyl sites for hydroxylation is 2. The lowest BCUT2D eigenvalue weighted by molar-refractivity contribution is 0.246. The molecule has 4 aromatic rings. The zero-order valence-electron chi connectivity index (χ0n) is 16.2. The number of hydrogen-bond donors (Lipinski definition) is 0. The van der Waals surface area contributed by atoms with Gasteiger partial charge in [0.25, 0.3) is 0 Å². The molecule has 5 rings (SSSR count). The smallest absolute Gasteiger partial charge is 0.183 e. The monoisotopic (exact) mass is 378 g/mol. The van der Waals surface area contributed by atoms with E-state index in [1.54, 1.807) is 17.2 Å². The molecule has 0 N–H and O–H groups in total. The van der Waals surface area contributed by atoms with Crippen molar-refractivity contribution in [1.82, 2.24) is 49.0 Å². The van der Waals surface area contributed by atoms with Crippen LogP contribution in [-0.4, -0.2) is 69.2 Å². The van der Waals surface area contributed by atoms with Gasteiger partial charge in [0.1, 0.15) is 12.0 Å². The van der Waals surface area contributed by atoms with Crippen molar-refractivity contribution in [3.05, 3.63) is 36.3 Å². The second kappa shape index (κ2) is 6.48. The minimum atomic E-state index is 0.311. The molecule has 0 saturated carbocycles. The fraction of sp³-hybridized carbons (Fsp3) is 0.444. The van der Waals surface area contributed by atoms with Crippen LogP contribution in [0.15, 0.2) is 24.8 Å². The van der Waals surface area contributed by atoms with Crippen molar-refractivity contribution in [3.8, 4) is 17.3 Å². The summed E-state index contributed by atoms with van der Waals surface area (Å²) in [6, 6.07) is 3.77. The van der Waals surface area contributed by atoms with Gasteiger partial charge >= 0.3 is 0 Å². The summed E-state index contributed by atoms with van der Waals surface area (Å²) in [6.45, 7) is 4.07. The van der Waals surface area contributed by atoms with Gasteiger partial charge in [-0.05, 0) is 45.5 Å². The van der Waals surface area contributed by atoms with E-state index in [2.05, 4.69) is 32.2 Å². The van der Waals surface area contributed by atoms with Gasteiger partial charge in [0.05, 0.1) is 12.0 Å². The molecular weight excluding hydrogens is 356 g/mol. The molecule has 144 valence electrons. The number of likely N-dealkylation sites (N-methyl/N-ethyl adjacent to an activating group) is 1. The van der Waals surface area contributed by atoms with Crippen LogP contribution in [0.25, 0.3) is 23.0 Å². The Labute approximate surface area is 161 Å². The van der Waals surface area contributed by atoms with Crippen molar-refractivity contribution in [2.24, 2.45) is 7.05 Å². The van der Waals surface area contributed by atoms with Crippen LogP contribution in [-0.2, 0) is 7.05 Å². The van der Waals surface area contributed by atoms with Gasteiger partial charge < -0.3 is 9.47 Å². The number of imidazole rings is 1. The third kappa shape index (κ3) is 2.76. The number of fused-ring (bicyclic) bond motifs is 1. The number of nitrogens with zero attached hydrogens (tertiary/aromatic N) is 10. The molecule has 1 saturated heterocycles. The molecule has 4 aromatic heterocycles. The molecule has 10 nitrogen and oxygen atoms in total. The van der Waals surface area contributed by atoms with Gasteiger partial charge in [-0.15, -0.1) is 20.4 Å². The molecule has 0 spiro atoms. The molecule has 5 heterocycles. The van der Waals surface area contributed by atoms with Gasteiger partial charge in [-0.25, -0.2) is 9.97 Å². The quantitative estimate of drug-likeness (QED) is 0.529. The summed E-state index contributed by atoms with van der Waals surface area (Å²) in [4.78, 5) is 11.7. The molecule has 1 aliphatic rings. The first kappa shape index (κ1) is 17.0. The third-order valence-corrected chi connectivity index (χ3v) is 5.31. The van der Waals surface area contributed by atoms with Crippen LogP contribution in [0.3, 0.4) is 0 Å². The lowest BCUT2D eigenvalue weighted by Gasteiger charge is -2.27. The van der Waals surface area contributed by atoms with E-state index in [4.69, 9.17) is 10.1 Å². The third-order valence-electron chi connectivity index (χ3n) is 5.31. The first-order chi connectivity index (χ1) is 13.6. The molecule has 1 atom stereocenters. The Balaban J connectivity index is 1.67. The van der Waals surface area contributed by atoms with Crippen LogP contribution in [0.5, 0.6) is 0 Å². The summed E-state index contributed by atoms with van der Waals surface area (Å²) in [5.41, 5.74) is 2.54. The highest BCUT2D eigenvalue weighted by molar-refractivity contribution is 5.56. The fourth-order valence-corrected chi connectivity index (χ4v) is 3.89. The van der Waals surface area contributed by atoms with Crippen molar-refractivity contribution in [3.63, 3.8) is 0 Å². The van der Waals surface area contributed by atoms with Gasteiger partial charge in [0.2, 0.25) is 0 Å². The summed E-state index contributed by atoms with van der Waals surface area (Å²) in [7, 11) is 4.12. The second-order valence-electron chi connectivity index (χ2n) is 7.42. The highest BCUT2D eigenvalue weighted by atomic mass is 15.4. The predicted octanol–water partition coefficient (Wildman–Crippen LogP) is 1.22. The van der Waals surface area contributed by atoms with Crippen LogP contribution in [0.4, 0.5) is 0 Å². The molecule has 0 radical (unpaired) electrons. The Morgan fingerprint density at radius 3 is 2.79 bits per heavy atom. The summed E-state index contributed by atoms with van der Waals surface area (Å²) in [6.07, 6.45) is 5.63. The minimum Gasteiger partial charge on any atom is -0.331 e. The van der Waals surface area contributed by atoms with Gasteiger partial charge in [-0.3, -0.25) is 0 Å². The SMILES string of the molecule is Cc1ncn(C)c1-c1nc(C2CCCN(C)C2)nn1-c1ccc2nncn2n1. The molecule has 0 amide bonds. The molecule has 1 unspecified atom stereocenters. The zero-order chi connectivity index (χ0) is 19.3. The van der Waals surface area contributed by atoms with Crippen molar-refractivity contribution < 1.29 is 0 Å². The predicted molar refractivity (Wildman–Crippen MR) is 102 cm³/mol. The van der Waals surface area contributed by atoms with E-state index in [0.717, 1.165) is 49.0 Å². The van der Waals surface area contributed by atoms with Crippen LogP contribution in [0.1, 0.15) is 30.3 Å². The molecule has 0 bridgehead atoms. The maximum atomic E-state index is 4.96. The Morgan fingerprint density at radius 2 is 2.00 bits per heavy atom. The number of likely N-dealkylation sites (tertiary alicyclic amines) is 1. The normalized spacial score (nSPS) is 18.2. The van der Waals surface area contributed by atoms with E-state index in [0.29, 0.717) is 17.4 Å². The second-order valence-corrected chi connectivity index (χ2v) is 7.42. The van der Waals surface area contributed by atoms with Crippen LogP contribution < -0.4 is 0 Å². The Hall–Kier alpha value is -3.14. The van der Waals surface area contributed by atoms with Crippen molar-refractivity contribution in [1.29, 1.82) is 0 Å². The van der Waals surface area contributed by atoms with Crippen molar-refractivity contribution in [2.75, 3.05) is 20.1 Å². The Kier molecular flexibility index (Phi) is 3.93. The van der Waals surface area contributed by atoms with Crippen LogP contribution >= 0.6 is 0 Å². The zero-order valence-corrected chi connectivity index (χ0v) is 16.2. The fourth-order valence-electron chi connectivity index (χ4n) is 3.89. The maximum Gasteiger partial charge on any atom is 0.183 e. The summed E-state index contributed by atoms with van der Waals surface area (Å²) >= 11 is 0. The molecule has 0 aromatic carbocycles. The van der Waals surface area contributed by atoms with E-state index in [1.165, 1.54) is 0 Å². The van der Waals surface area contributed by atoms with Crippen LogP contribution in [0, 0.1) is 6.92 Å². The summed E-state index contributed by atoms with van der Waals surface area (Å²) < 4.78 is 5.43. The van der Waals surface area contributed by atoms with E-state index in [1.807, 2.05) is 35.4 Å². The average Bonchev–Trinajstić information content (AvgIpc) is 3.39. The molecule has 1 fully saturated rings.